The lowest BCUT2D eigenvalue weighted by Gasteiger charge is -2.23. The summed E-state index contributed by atoms with van der Waals surface area (Å²) in [5.41, 5.74) is 3.81. The first-order chi connectivity index (χ1) is 24.4. The normalized spacial score (nSPS) is 14.5. The van der Waals surface area contributed by atoms with Gasteiger partial charge >= 0.3 is 18.8 Å². The molecule has 5 N–H and O–H groups in total. The van der Waals surface area contributed by atoms with E-state index in [0.717, 1.165) is 25.0 Å². The Balaban J connectivity index is 1.64. The third-order valence-corrected chi connectivity index (χ3v) is 7.36. The molecule has 3 atom stereocenters. The molecule has 4 amide bonds. The second kappa shape index (κ2) is 16.6. The Morgan fingerprint density at radius 3 is 2.35 bits per heavy atom. The molecule has 0 radical (unpaired) electrons. The SMILES string of the molecule is CC(NC(=O)OC(C)(C)C)C(=O)NCC(NC(=O)c1nc(-c2ccc(OC(F)F)c(OCC3CC3)c2)oc1[C@H](C)OC(N)=O)c1ccc(F)cc1F. The number of aromatic nitrogens is 1. The molecule has 282 valence electrons. The second-order valence-electron chi connectivity index (χ2n) is 12.9. The van der Waals surface area contributed by atoms with Crippen molar-refractivity contribution in [1.29, 1.82) is 0 Å². The van der Waals surface area contributed by atoms with Gasteiger partial charge in [-0.3, -0.25) is 9.59 Å². The van der Waals surface area contributed by atoms with Crippen LogP contribution < -0.4 is 31.2 Å². The van der Waals surface area contributed by atoms with Gasteiger partial charge < -0.3 is 45.0 Å². The van der Waals surface area contributed by atoms with Gasteiger partial charge in [-0.25, -0.2) is 23.4 Å². The van der Waals surface area contributed by atoms with E-state index >= 15 is 4.39 Å². The highest BCUT2D eigenvalue weighted by Gasteiger charge is 2.31. The number of primary amides is 1. The standard InChI is InChI=1S/C34H39F4N5O9/c1-16(41-33(47)52-34(3,4)5)28(44)40-14-23(21-10-9-20(35)13-22(21)36)42-29(45)26-27(17(2)49-32(39)46)51-30(43-26)19-8-11-24(50-31(37)38)25(12-19)48-15-18-6-7-18/h8-13,16-18,23,31H,6-7,14-15H2,1-5H3,(H2,39,46)(H,40,44)(H,41,47)(H,42,45)/t16?,17-,23?/m0/s1. The maximum atomic E-state index is 15.1. The van der Waals surface area contributed by atoms with Gasteiger partial charge in [0.25, 0.3) is 5.91 Å². The molecule has 4 rings (SSSR count). The van der Waals surface area contributed by atoms with Crippen LogP contribution in [0.3, 0.4) is 0 Å². The molecule has 2 aromatic carbocycles. The van der Waals surface area contributed by atoms with E-state index in [1.807, 2.05) is 0 Å². The molecule has 0 bridgehead atoms. The Morgan fingerprint density at radius 2 is 1.73 bits per heavy atom. The molecule has 1 saturated carbocycles. The minimum atomic E-state index is -3.14. The van der Waals surface area contributed by atoms with Gasteiger partial charge in [0.1, 0.15) is 23.3 Å². The lowest BCUT2D eigenvalue weighted by Crippen LogP contribution is -2.48. The third-order valence-electron chi connectivity index (χ3n) is 7.36. The molecule has 0 spiro atoms. The first-order valence-corrected chi connectivity index (χ1v) is 16.1. The second-order valence-corrected chi connectivity index (χ2v) is 12.9. The highest BCUT2D eigenvalue weighted by Crippen LogP contribution is 2.37. The number of hydrogen-bond donors (Lipinski definition) is 4. The van der Waals surface area contributed by atoms with Gasteiger partial charge in [-0.05, 0) is 77.6 Å². The summed E-state index contributed by atoms with van der Waals surface area (Å²) >= 11 is 0. The number of ether oxygens (including phenoxy) is 4. The Kier molecular flexibility index (Phi) is 12.6. The average Bonchev–Trinajstić information content (AvgIpc) is 3.75. The predicted octanol–water partition coefficient (Wildman–Crippen LogP) is 5.67. The molecule has 2 unspecified atom stereocenters. The third kappa shape index (κ3) is 11.2. The van der Waals surface area contributed by atoms with Crippen molar-refractivity contribution in [2.75, 3.05) is 13.2 Å². The van der Waals surface area contributed by atoms with Crippen LogP contribution in [-0.2, 0) is 14.3 Å². The zero-order chi connectivity index (χ0) is 38.3. The minimum Gasteiger partial charge on any atom is -0.489 e. The van der Waals surface area contributed by atoms with E-state index in [0.29, 0.717) is 6.07 Å². The van der Waals surface area contributed by atoms with Crippen LogP contribution >= 0.6 is 0 Å². The van der Waals surface area contributed by atoms with Gasteiger partial charge in [-0.1, -0.05) is 6.07 Å². The molecule has 1 aliphatic rings. The molecule has 0 aliphatic heterocycles. The number of nitrogens with zero attached hydrogens (tertiary/aromatic N) is 1. The molecule has 1 aromatic heterocycles. The van der Waals surface area contributed by atoms with Crippen LogP contribution in [0.4, 0.5) is 27.2 Å². The lowest BCUT2D eigenvalue weighted by molar-refractivity contribution is -0.122. The number of alkyl carbamates (subject to hydrolysis) is 1. The Hall–Kier alpha value is -5.55. The number of nitrogens with two attached hydrogens (primary N) is 1. The Labute approximate surface area is 295 Å². The zero-order valence-corrected chi connectivity index (χ0v) is 28.9. The van der Waals surface area contributed by atoms with Crippen molar-refractivity contribution in [1.82, 2.24) is 20.9 Å². The first-order valence-electron chi connectivity index (χ1n) is 16.1. The van der Waals surface area contributed by atoms with E-state index in [-0.39, 0.29) is 46.8 Å². The average molecular weight is 738 g/mol. The molecule has 1 heterocycles. The number of nitrogens with one attached hydrogen (secondary N) is 3. The quantitative estimate of drug-likeness (QED) is 0.141. The van der Waals surface area contributed by atoms with E-state index in [2.05, 4.69) is 25.7 Å². The highest BCUT2D eigenvalue weighted by molar-refractivity contribution is 5.94. The van der Waals surface area contributed by atoms with Crippen molar-refractivity contribution < 1.29 is 60.1 Å². The van der Waals surface area contributed by atoms with Gasteiger partial charge in [0.05, 0.1) is 12.6 Å². The van der Waals surface area contributed by atoms with E-state index < -0.39 is 78.3 Å². The van der Waals surface area contributed by atoms with Gasteiger partial charge in [0.2, 0.25) is 11.8 Å². The van der Waals surface area contributed by atoms with Crippen LogP contribution in [0.2, 0.25) is 0 Å². The molecular weight excluding hydrogens is 698 g/mol. The van der Waals surface area contributed by atoms with E-state index in [9.17, 15) is 32.3 Å². The Morgan fingerprint density at radius 1 is 1.02 bits per heavy atom. The number of oxazole rings is 1. The van der Waals surface area contributed by atoms with Crippen LogP contribution in [0.15, 0.2) is 40.8 Å². The maximum Gasteiger partial charge on any atom is 0.408 e. The largest absolute Gasteiger partial charge is 0.489 e. The minimum absolute atomic E-state index is 0.0464. The fourth-order valence-corrected chi connectivity index (χ4v) is 4.72. The van der Waals surface area contributed by atoms with Crippen molar-refractivity contribution in [2.24, 2.45) is 11.7 Å². The fraction of sp³-hybridized carbons (Fsp3) is 0.441. The van der Waals surface area contributed by atoms with Gasteiger partial charge in [-0.15, -0.1) is 0 Å². The summed E-state index contributed by atoms with van der Waals surface area (Å²) < 4.78 is 81.4. The number of carbonyl (C=O) groups excluding carboxylic acids is 4. The van der Waals surface area contributed by atoms with Gasteiger partial charge in [0, 0.05) is 23.7 Å². The number of alkyl halides is 2. The summed E-state index contributed by atoms with van der Waals surface area (Å²) in [6, 6.07) is 3.92. The van der Waals surface area contributed by atoms with Crippen LogP contribution in [0.25, 0.3) is 11.5 Å². The van der Waals surface area contributed by atoms with E-state index in [1.54, 1.807) is 20.8 Å². The van der Waals surface area contributed by atoms with Gasteiger partial charge in [-0.2, -0.15) is 8.78 Å². The zero-order valence-electron chi connectivity index (χ0n) is 28.9. The van der Waals surface area contributed by atoms with E-state index in [1.165, 1.54) is 32.0 Å². The van der Waals surface area contributed by atoms with Crippen molar-refractivity contribution in [3.05, 3.63) is 65.1 Å². The molecular formula is C34H39F4N5O9. The molecule has 0 saturated heterocycles. The lowest BCUT2D eigenvalue weighted by atomic mass is 10.0. The highest BCUT2D eigenvalue weighted by atomic mass is 19.3. The number of halogens is 4. The van der Waals surface area contributed by atoms with Crippen LogP contribution in [0, 0.1) is 17.6 Å². The van der Waals surface area contributed by atoms with Crippen molar-refractivity contribution in [3.8, 4) is 23.0 Å². The number of benzene rings is 2. The molecule has 3 aromatic rings. The van der Waals surface area contributed by atoms with Crippen molar-refractivity contribution in [3.63, 3.8) is 0 Å². The maximum absolute atomic E-state index is 15.1. The number of carbonyl (C=O) groups is 4. The monoisotopic (exact) mass is 737 g/mol. The van der Waals surface area contributed by atoms with Crippen molar-refractivity contribution >= 4 is 24.0 Å². The van der Waals surface area contributed by atoms with Crippen LogP contribution in [0.5, 0.6) is 11.5 Å². The smallest absolute Gasteiger partial charge is 0.408 e. The first kappa shape index (κ1) is 39.2. The summed E-state index contributed by atoms with van der Waals surface area (Å²) in [6.07, 6.45) is -1.56. The summed E-state index contributed by atoms with van der Waals surface area (Å²) in [5, 5.41) is 7.38. The van der Waals surface area contributed by atoms with Crippen LogP contribution in [0.1, 0.15) is 81.4 Å². The summed E-state index contributed by atoms with van der Waals surface area (Å²) in [7, 11) is 0. The number of rotatable bonds is 15. The van der Waals surface area contributed by atoms with Crippen LogP contribution in [-0.4, -0.2) is 60.4 Å². The topological polar surface area (TPSA) is 193 Å². The summed E-state index contributed by atoms with van der Waals surface area (Å²) in [4.78, 5) is 54.7. The summed E-state index contributed by atoms with van der Waals surface area (Å²) in [6.45, 7) is 4.23. The number of hydrogen-bond acceptors (Lipinski definition) is 10. The summed E-state index contributed by atoms with van der Waals surface area (Å²) in [5.74, 6) is -4.31. The predicted molar refractivity (Wildman–Crippen MR) is 174 cm³/mol. The van der Waals surface area contributed by atoms with Gasteiger partial charge in [0.15, 0.2) is 29.1 Å². The fourth-order valence-electron chi connectivity index (χ4n) is 4.72. The molecule has 52 heavy (non-hydrogen) atoms. The molecule has 1 aliphatic carbocycles. The van der Waals surface area contributed by atoms with Crippen molar-refractivity contribution in [2.45, 2.75) is 77.9 Å². The molecule has 18 heteroatoms. The molecule has 1 fully saturated rings. The number of amides is 4. The Bertz CT molecular complexity index is 1780. The molecule has 14 nitrogen and oxygen atoms in total. The van der Waals surface area contributed by atoms with E-state index in [4.69, 9.17) is 24.4 Å².